The maximum absolute atomic E-state index is 6.68. The Labute approximate surface area is 134 Å². The fourth-order valence-electron chi connectivity index (χ4n) is 3.83. The van der Waals surface area contributed by atoms with E-state index in [2.05, 4.69) is 0 Å². The van der Waals surface area contributed by atoms with Gasteiger partial charge in [-0.2, -0.15) is 0 Å². The number of rotatable bonds is 0. The Morgan fingerprint density at radius 2 is 1.22 bits per heavy atom. The molecule has 0 spiro atoms. The number of hydrogen-bond acceptors (Lipinski definition) is 1. The van der Waals surface area contributed by atoms with Gasteiger partial charge in [0.1, 0.15) is 9.75 Å². The molecule has 7 heteroatoms. The maximum atomic E-state index is 6.68. The molecule has 1 saturated carbocycles. The van der Waals surface area contributed by atoms with Crippen LogP contribution in [-0.4, -0.2) is 26.3 Å². The average Bonchev–Trinajstić information content (AvgIpc) is 2.97. The van der Waals surface area contributed by atoms with Gasteiger partial charge in [0, 0.05) is 11.8 Å². The van der Waals surface area contributed by atoms with E-state index in [1.165, 1.54) is 0 Å². The molecule has 2 aliphatic carbocycles. The number of allylic oxidation sites excluding steroid dienone is 2. The van der Waals surface area contributed by atoms with Crippen LogP contribution in [0, 0.1) is 11.8 Å². The van der Waals surface area contributed by atoms with Crippen molar-refractivity contribution in [1.29, 1.82) is 0 Å². The second-order valence-electron chi connectivity index (χ2n) is 5.13. The first-order valence-corrected chi connectivity index (χ1v) is 7.70. The van der Waals surface area contributed by atoms with E-state index in [1.54, 1.807) is 0 Å². The van der Waals surface area contributed by atoms with Crippen LogP contribution in [0.5, 0.6) is 0 Å². The lowest BCUT2D eigenvalue weighted by Crippen LogP contribution is -2.47. The highest BCUT2D eigenvalue weighted by Crippen LogP contribution is 2.79. The summed E-state index contributed by atoms with van der Waals surface area (Å²) in [7, 11) is 0. The summed E-state index contributed by atoms with van der Waals surface area (Å²) in [6.45, 7) is 0. The molecular formula is C11H6Cl6O. The molecular weight excluding hydrogens is 361 g/mol. The van der Waals surface area contributed by atoms with Crippen molar-refractivity contribution in [3.63, 3.8) is 0 Å². The third kappa shape index (κ3) is 0.968. The van der Waals surface area contributed by atoms with E-state index >= 15 is 0 Å². The van der Waals surface area contributed by atoms with Crippen molar-refractivity contribution in [1.82, 2.24) is 0 Å². The standard InChI is InChI=1S/C11H6Cl6O/c12-7-8(13)10(15)6-4-2-1-3(18-4)5(6)9(7,14)11(10,16)17/h1-6H. The monoisotopic (exact) mass is 364 g/mol. The molecule has 0 amide bonds. The zero-order valence-electron chi connectivity index (χ0n) is 8.64. The SMILES string of the molecule is ClC1=C(Cl)C2(Cl)C3C4C=CC(O4)C3C1(Cl)C2(Cl)Cl. The van der Waals surface area contributed by atoms with Crippen molar-refractivity contribution in [2.75, 3.05) is 0 Å². The van der Waals surface area contributed by atoms with Crippen molar-refractivity contribution in [2.24, 2.45) is 11.8 Å². The van der Waals surface area contributed by atoms with Gasteiger partial charge >= 0.3 is 0 Å². The van der Waals surface area contributed by atoms with Crippen LogP contribution in [0.3, 0.4) is 0 Å². The predicted molar refractivity (Wildman–Crippen MR) is 75.1 cm³/mol. The molecule has 4 bridgehead atoms. The van der Waals surface area contributed by atoms with Gasteiger partial charge in [-0.15, -0.1) is 23.2 Å². The smallest absolute Gasteiger partial charge is 0.167 e. The van der Waals surface area contributed by atoms with Crippen LogP contribution in [-0.2, 0) is 4.74 Å². The lowest BCUT2D eigenvalue weighted by atomic mass is 9.75. The molecule has 0 radical (unpaired) electrons. The number of fused-ring (bicyclic) bond motifs is 9. The second-order valence-corrected chi connectivity index (χ2v) is 8.40. The summed E-state index contributed by atoms with van der Waals surface area (Å²) >= 11 is 38.8. The van der Waals surface area contributed by atoms with Crippen molar-refractivity contribution in [3.8, 4) is 0 Å². The van der Waals surface area contributed by atoms with E-state index < -0.39 is 14.1 Å². The first kappa shape index (κ1) is 12.9. The van der Waals surface area contributed by atoms with Crippen LogP contribution >= 0.6 is 69.6 Å². The molecule has 1 nitrogen and oxygen atoms in total. The summed E-state index contributed by atoms with van der Waals surface area (Å²) in [6.07, 6.45) is 3.60. The summed E-state index contributed by atoms with van der Waals surface area (Å²) in [5.41, 5.74) is 0. The molecule has 6 atom stereocenters. The third-order valence-corrected chi connectivity index (χ3v) is 8.86. The van der Waals surface area contributed by atoms with Gasteiger partial charge in [0.2, 0.25) is 0 Å². The van der Waals surface area contributed by atoms with E-state index in [-0.39, 0.29) is 34.1 Å². The second kappa shape index (κ2) is 3.32. The molecule has 2 fully saturated rings. The first-order chi connectivity index (χ1) is 8.28. The number of ether oxygens (including phenoxy) is 1. The average molecular weight is 367 g/mol. The zero-order valence-corrected chi connectivity index (χ0v) is 13.2. The highest BCUT2D eigenvalue weighted by atomic mass is 35.5. The van der Waals surface area contributed by atoms with Crippen molar-refractivity contribution < 1.29 is 4.74 Å². The molecule has 18 heavy (non-hydrogen) atoms. The van der Waals surface area contributed by atoms with Gasteiger partial charge < -0.3 is 4.74 Å². The highest BCUT2D eigenvalue weighted by molar-refractivity contribution is 6.65. The van der Waals surface area contributed by atoms with E-state index in [0.717, 1.165) is 0 Å². The van der Waals surface area contributed by atoms with Crippen LogP contribution in [0.1, 0.15) is 0 Å². The molecule has 2 aliphatic heterocycles. The summed E-state index contributed by atoms with van der Waals surface area (Å²) in [4.78, 5) is -2.38. The maximum Gasteiger partial charge on any atom is 0.167 e. The fourth-order valence-corrected chi connectivity index (χ4v) is 6.89. The predicted octanol–water partition coefficient (Wildman–Crippen LogP) is 4.40. The normalized spacial score (nSPS) is 58.8. The minimum absolute atomic E-state index is 0.156. The quantitative estimate of drug-likeness (QED) is 0.456. The van der Waals surface area contributed by atoms with Crippen molar-refractivity contribution in [2.45, 2.75) is 26.3 Å². The number of alkyl halides is 4. The summed E-state index contributed by atoms with van der Waals surface area (Å²) < 4.78 is 4.35. The lowest BCUT2D eigenvalue weighted by molar-refractivity contribution is 0.0920. The van der Waals surface area contributed by atoms with Gasteiger partial charge in [0.05, 0.1) is 22.3 Å². The van der Waals surface area contributed by atoms with Crippen molar-refractivity contribution in [3.05, 3.63) is 22.2 Å². The van der Waals surface area contributed by atoms with Gasteiger partial charge in [-0.05, 0) is 0 Å². The molecule has 0 aromatic carbocycles. The molecule has 2 heterocycles. The molecule has 6 unspecified atom stereocenters. The number of hydrogen-bond donors (Lipinski definition) is 0. The largest absolute Gasteiger partial charge is 0.366 e. The topological polar surface area (TPSA) is 9.23 Å². The Morgan fingerprint density at radius 3 is 1.61 bits per heavy atom. The Kier molecular flexibility index (Phi) is 2.38. The third-order valence-electron chi connectivity index (χ3n) is 4.56. The van der Waals surface area contributed by atoms with Gasteiger partial charge in [-0.3, -0.25) is 0 Å². The molecule has 0 aromatic heterocycles. The van der Waals surface area contributed by atoms with E-state index in [9.17, 15) is 0 Å². The Balaban J connectivity index is 2.03. The van der Waals surface area contributed by atoms with E-state index in [1.807, 2.05) is 12.2 Å². The molecule has 4 rings (SSSR count). The van der Waals surface area contributed by atoms with Crippen LogP contribution in [0.15, 0.2) is 22.2 Å². The summed E-state index contributed by atoms with van der Waals surface area (Å²) in [6, 6.07) is 0. The first-order valence-electron chi connectivity index (χ1n) is 5.43. The van der Waals surface area contributed by atoms with Crippen molar-refractivity contribution >= 4 is 69.6 Å². The minimum atomic E-state index is -1.45. The van der Waals surface area contributed by atoms with Crippen LogP contribution < -0.4 is 0 Å². The molecule has 0 N–H and O–H groups in total. The van der Waals surface area contributed by atoms with E-state index in [4.69, 9.17) is 74.3 Å². The number of halogens is 6. The van der Waals surface area contributed by atoms with E-state index in [0.29, 0.717) is 0 Å². The zero-order chi connectivity index (χ0) is 13.1. The van der Waals surface area contributed by atoms with Gasteiger partial charge in [-0.1, -0.05) is 58.6 Å². The lowest BCUT2D eigenvalue weighted by Gasteiger charge is -2.35. The molecule has 98 valence electrons. The highest BCUT2D eigenvalue weighted by Gasteiger charge is 2.86. The van der Waals surface area contributed by atoms with Crippen LogP contribution in [0.2, 0.25) is 0 Å². The Morgan fingerprint density at radius 1 is 0.833 bits per heavy atom. The minimum Gasteiger partial charge on any atom is -0.366 e. The summed E-state index contributed by atoms with van der Waals surface area (Å²) in [5, 5.41) is 0.494. The van der Waals surface area contributed by atoms with Gasteiger partial charge in [-0.25, -0.2) is 0 Å². The molecule has 0 aromatic rings. The molecule has 4 aliphatic rings. The Bertz CT molecular complexity index is 486. The molecule has 1 saturated heterocycles. The Hall–Kier alpha value is 1.18. The van der Waals surface area contributed by atoms with Gasteiger partial charge in [0.25, 0.3) is 0 Å². The fraction of sp³-hybridized carbons (Fsp3) is 0.636. The van der Waals surface area contributed by atoms with Gasteiger partial charge in [0.15, 0.2) is 4.33 Å². The van der Waals surface area contributed by atoms with Crippen LogP contribution in [0.4, 0.5) is 0 Å². The van der Waals surface area contributed by atoms with Crippen LogP contribution in [0.25, 0.3) is 0 Å². The summed E-state index contributed by atoms with van der Waals surface area (Å²) in [5.74, 6) is -0.312.